The Balaban J connectivity index is 1.85. The Bertz CT molecular complexity index is 753. The molecule has 0 radical (unpaired) electrons. The smallest absolute Gasteiger partial charge is 0.192 e. The van der Waals surface area contributed by atoms with E-state index in [4.69, 9.17) is 20.5 Å². The van der Waals surface area contributed by atoms with Gasteiger partial charge in [0.1, 0.15) is 0 Å². The first-order valence-electron chi connectivity index (χ1n) is 15.1. The molecule has 210 valence electrons. The van der Waals surface area contributed by atoms with Crippen LogP contribution in [0.25, 0.3) is 0 Å². The lowest BCUT2D eigenvalue weighted by molar-refractivity contribution is -0.143. The molecule has 0 N–H and O–H groups in total. The standard InChI is InChI=1S/C32H60O3Si/c1-13-22(2)26-14-15-27-25(21-29(33-9)34-10)28(17-19-32(26,27)8)31(7)18-16-24(20-23(31)3)35-36(11,12)30(4,5)6/h22,24-29H,3,13-21H2,1-2,4-12H3/t22-,24-,25-,26+,27-,28-,31-,32+/m0/s1. The van der Waals surface area contributed by atoms with Crippen LogP contribution >= 0.6 is 0 Å². The third kappa shape index (κ3) is 5.58. The van der Waals surface area contributed by atoms with Gasteiger partial charge in [-0.1, -0.05) is 67.0 Å². The van der Waals surface area contributed by atoms with E-state index in [1.807, 2.05) is 14.2 Å². The minimum Gasteiger partial charge on any atom is -0.414 e. The molecule has 4 heteroatoms. The highest BCUT2D eigenvalue weighted by atomic mass is 28.4. The van der Waals surface area contributed by atoms with Gasteiger partial charge in [-0.2, -0.15) is 0 Å². The number of hydrogen-bond donors (Lipinski definition) is 0. The molecule has 0 unspecified atom stereocenters. The number of fused-ring (bicyclic) bond motifs is 1. The SMILES string of the molecule is C=C1C[C@@H](O[Si](C)(C)C(C)(C)C)CC[C@]1(C)[C@H]1CC[C@]2(C)[C@@H]([C@@H](C)CC)CC[C@H]2[C@@H]1CC(OC)OC. The second-order valence-electron chi connectivity index (χ2n) is 14.9. The molecule has 0 aromatic rings. The summed E-state index contributed by atoms with van der Waals surface area (Å²) in [6.45, 7) is 26.7. The Labute approximate surface area is 225 Å². The number of methoxy groups -OCH3 is 2. The summed E-state index contributed by atoms with van der Waals surface area (Å²) >= 11 is 0. The Morgan fingerprint density at radius 1 is 1.00 bits per heavy atom. The van der Waals surface area contributed by atoms with Crippen molar-refractivity contribution >= 4 is 8.32 Å². The zero-order chi connectivity index (χ0) is 27.1. The molecule has 0 saturated heterocycles. The molecule has 3 saturated carbocycles. The molecule has 0 aliphatic heterocycles. The first kappa shape index (κ1) is 30.4. The molecule has 3 fully saturated rings. The lowest BCUT2D eigenvalue weighted by Crippen LogP contribution is -2.51. The highest BCUT2D eigenvalue weighted by Crippen LogP contribution is 2.66. The van der Waals surface area contributed by atoms with Crippen molar-refractivity contribution < 1.29 is 13.9 Å². The molecule has 0 bridgehead atoms. The summed E-state index contributed by atoms with van der Waals surface area (Å²) in [4.78, 5) is 0. The molecule has 0 amide bonds. The summed E-state index contributed by atoms with van der Waals surface area (Å²) in [6.07, 6.45) is 11.4. The number of hydrogen-bond acceptors (Lipinski definition) is 3. The fourth-order valence-electron chi connectivity index (χ4n) is 8.57. The predicted octanol–water partition coefficient (Wildman–Crippen LogP) is 9.24. The molecule has 3 aliphatic rings. The third-order valence-corrected chi connectivity index (χ3v) is 16.7. The van der Waals surface area contributed by atoms with Crippen molar-refractivity contribution in [1.29, 1.82) is 0 Å². The molecule has 8 atom stereocenters. The maximum atomic E-state index is 6.90. The van der Waals surface area contributed by atoms with Crippen LogP contribution in [0, 0.1) is 40.4 Å². The van der Waals surface area contributed by atoms with Gasteiger partial charge >= 0.3 is 0 Å². The lowest BCUT2D eigenvalue weighted by Gasteiger charge is -2.57. The fourth-order valence-corrected chi connectivity index (χ4v) is 9.96. The zero-order valence-corrected chi connectivity index (χ0v) is 26.8. The van der Waals surface area contributed by atoms with Gasteiger partial charge in [0.15, 0.2) is 14.6 Å². The van der Waals surface area contributed by atoms with E-state index in [-0.39, 0.29) is 16.7 Å². The van der Waals surface area contributed by atoms with Gasteiger partial charge in [0, 0.05) is 26.7 Å². The molecule has 0 spiro atoms. The molecule has 0 aromatic carbocycles. The van der Waals surface area contributed by atoms with Crippen LogP contribution < -0.4 is 0 Å². The minimum atomic E-state index is -1.78. The Morgan fingerprint density at radius 2 is 1.64 bits per heavy atom. The van der Waals surface area contributed by atoms with Crippen LogP contribution in [0.2, 0.25) is 18.1 Å². The van der Waals surface area contributed by atoms with Crippen molar-refractivity contribution in [3.8, 4) is 0 Å². The topological polar surface area (TPSA) is 27.7 Å². The van der Waals surface area contributed by atoms with Crippen molar-refractivity contribution in [2.45, 2.75) is 137 Å². The normalized spacial score (nSPS) is 38.9. The van der Waals surface area contributed by atoms with Gasteiger partial charge in [-0.3, -0.25) is 0 Å². The van der Waals surface area contributed by atoms with Gasteiger partial charge in [0.25, 0.3) is 0 Å². The minimum absolute atomic E-state index is 0.113. The summed E-state index contributed by atoms with van der Waals surface area (Å²) in [6, 6.07) is 0. The van der Waals surface area contributed by atoms with Gasteiger partial charge in [0.2, 0.25) is 0 Å². The Kier molecular flexibility index (Phi) is 9.40. The van der Waals surface area contributed by atoms with E-state index in [1.165, 1.54) is 50.5 Å². The van der Waals surface area contributed by atoms with Crippen LogP contribution in [-0.4, -0.2) is 34.9 Å². The largest absolute Gasteiger partial charge is 0.414 e. The highest BCUT2D eigenvalue weighted by Gasteiger charge is 2.58. The van der Waals surface area contributed by atoms with E-state index in [0.717, 1.165) is 30.6 Å². The molecule has 3 nitrogen and oxygen atoms in total. The van der Waals surface area contributed by atoms with E-state index in [1.54, 1.807) is 0 Å². The van der Waals surface area contributed by atoms with E-state index in [0.29, 0.717) is 23.4 Å². The zero-order valence-electron chi connectivity index (χ0n) is 25.8. The molecule has 3 aliphatic carbocycles. The van der Waals surface area contributed by atoms with Crippen molar-refractivity contribution in [1.82, 2.24) is 0 Å². The fraction of sp³-hybridized carbons (Fsp3) is 0.938. The molecular weight excluding hydrogens is 460 g/mol. The summed E-state index contributed by atoms with van der Waals surface area (Å²) < 4.78 is 18.5. The summed E-state index contributed by atoms with van der Waals surface area (Å²) in [7, 11) is 1.85. The second-order valence-corrected chi connectivity index (χ2v) is 19.6. The Morgan fingerprint density at radius 3 is 2.17 bits per heavy atom. The first-order valence-corrected chi connectivity index (χ1v) is 18.0. The van der Waals surface area contributed by atoms with E-state index >= 15 is 0 Å². The maximum absolute atomic E-state index is 6.90. The van der Waals surface area contributed by atoms with Gasteiger partial charge in [-0.25, -0.2) is 0 Å². The molecule has 36 heavy (non-hydrogen) atoms. The number of rotatable bonds is 9. The van der Waals surface area contributed by atoms with E-state index < -0.39 is 8.32 Å². The van der Waals surface area contributed by atoms with Crippen molar-refractivity contribution in [3.05, 3.63) is 12.2 Å². The van der Waals surface area contributed by atoms with Crippen molar-refractivity contribution in [2.75, 3.05) is 14.2 Å². The van der Waals surface area contributed by atoms with E-state index in [2.05, 4.69) is 61.6 Å². The first-order chi connectivity index (χ1) is 16.6. The summed E-state index contributed by atoms with van der Waals surface area (Å²) in [5.41, 5.74) is 2.07. The van der Waals surface area contributed by atoms with E-state index in [9.17, 15) is 0 Å². The summed E-state index contributed by atoms with van der Waals surface area (Å²) in [5.74, 6) is 3.70. The molecule has 3 rings (SSSR count). The van der Waals surface area contributed by atoms with Crippen LogP contribution in [0.4, 0.5) is 0 Å². The lowest BCUT2D eigenvalue weighted by atomic mass is 9.49. The van der Waals surface area contributed by atoms with Gasteiger partial charge in [-0.05, 0) is 103 Å². The molecule has 0 heterocycles. The highest BCUT2D eigenvalue weighted by molar-refractivity contribution is 6.74. The van der Waals surface area contributed by atoms with Crippen LogP contribution in [0.3, 0.4) is 0 Å². The maximum Gasteiger partial charge on any atom is 0.192 e. The number of ether oxygens (including phenoxy) is 2. The van der Waals surface area contributed by atoms with Crippen molar-refractivity contribution in [2.24, 2.45) is 40.4 Å². The van der Waals surface area contributed by atoms with Crippen LogP contribution in [0.1, 0.15) is 106 Å². The quantitative estimate of drug-likeness (QED) is 0.172. The third-order valence-electron chi connectivity index (χ3n) is 12.2. The van der Waals surface area contributed by atoms with Gasteiger partial charge < -0.3 is 13.9 Å². The van der Waals surface area contributed by atoms with Gasteiger partial charge in [-0.15, -0.1) is 0 Å². The average Bonchev–Trinajstić information content (AvgIpc) is 3.15. The summed E-state index contributed by atoms with van der Waals surface area (Å²) in [5, 5.41) is 0.248. The van der Waals surface area contributed by atoms with Crippen LogP contribution in [0.5, 0.6) is 0 Å². The van der Waals surface area contributed by atoms with Crippen LogP contribution in [0.15, 0.2) is 12.2 Å². The monoisotopic (exact) mass is 520 g/mol. The predicted molar refractivity (Wildman–Crippen MR) is 156 cm³/mol. The van der Waals surface area contributed by atoms with Crippen LogP contribution in [-0.2, 0) is 13.9 Å². The Hall–Kier alpha value is -0.163. The molecule has 0 aromatic heterocycles. The second kappa shape index (κ2) is 11.1. The molecular formula is C32H60O3Si. The average molecular weight is 521 g/mol. The van der Waals surface area contributed by atoms with Gasteiger partial charge in [0.05, 0.1) is 0 Å². The van der Waals surface area contributed by atoms with Crippen molar-refractivity contribution in [3.63, 3.8) is 0 Å².